The van der Waals surface area contributed by atoms with Gasteiger partial charge in [-0.1, -0.05) is 60.7 Å². The van der Waals surface area contributed by atoms with Crippen molar-refractivity contribution >= 4 is 0 Å². The highest BCUT2D eigenvalue weighted by molar-refractivity contribution is 5.20. The molecule has 1 fully saturated rings. The first kappa shape index (κ1) is 13.3. The third kappa shape index (κ3) is 2.75. The third-order valence-corrected chi connectivity index (χ3v) is 3.75. The predicted molar refractivity (Wildman–Crippen MR) is 77.9 cm³/mol. The predicted octanol–water partition coefficient (Wildman–Crippen LogP) is 3.10. The first-order valence-electron chi connectivity index (χ1n) is 7.02. The van der Waals surface area contributed by atoms with Gasteiger partial charge < -0.3 is 5.11 Å². The molecule has 0 bridgehead atoms. The molecule has 0 unspecified atom stereocenters. The Morgan fingerprint density at radius 3 is 2.35 bits per heavy atom. The van der Waals surface area contributed by atoms with Crippen LogP contribution in [0.5, 0.6) is 0 Å². The van der Waals surface area contributed by atoms with E-state index in [2.05, 4.69) is 12.1 Å². The molecule has 3 rings (SSSR count). The van der Waals surface area contributed by atoms with Crippen LogP contribution >= 0.6 is 0 Å². The van der Waals surface area contributed by atoms with Gasteiger partial charge in [0.2, 0.25) is 0 Å². The van der Waals surface area contributed by atoms with Crippen LogP contribution in [0.3, 0.4) is 0 Å². The van der Waals surface area contributed by atoms with Crippen LogP contribution in [0.25, 0.3) is 0 Å². The topological polar surface area (TPSA) is 32.7 Å². The van der Waals surface area contributed by atoms with Gasteiger partial charge in [0, 0.05) is 6.54 Å². The largest absolute Gasteiger partial charge is 0.394 e. The second kappa shape index (κ2) is 6.18. The van der Waals surface area contributed by atoms with Crippen molar-refractivity contribution in [1.29, 1.82) is 0 Å². The van der Waals surface area contributed by atoms with Crippen molar-refractivity contribution in [3.8, 4) is 0 Å². The molecule has 2 atom stereocenters. The van der Waals surface area contributed by atoms with Gasteiger partial charge in [0.1, 0.15) is 6.10 Å². The van der Waals surface area contributed by atoms with Crippen LogP contribution in [0.4, 0.5) is 0 Å². The van der Waals surface area contributed by atoms with Crippen molar-refractivity contribution in [3.05, 3.63) is 71.8 Å². The number of rotatable bonds is 4. The minimum Gasteiger partial charge on any atom is -0.394 e. The molecule has 0 aliphatic carbocycles. The summed E-state index contributed by atoms with van der Waals surface area (Å²) in [4.78, 5) is 6.03. The van der Waals surface area contributed by atoms with Crippen LogP contribution in [-0.4, -0.2) is 23.3 Å². The fraction of sp³-hybridized carbons (Fsp3) is 0.294. The summed E-state index contributed by atoms with van der Waals surface area (Å²) in [6.45, 7) is 0.894. The van der Waals surface area contributed by atoms with Crippen LogP contribution in [0, 0.1) is 0 Å². The third-order valence-electron chi connectivity index (χ3n) is 3.75. The molecule has 0 amide bonds. The Labute approximate surface area is 119 Å². The van der Waals surface area contributed by atoms with Crippen LogP contribution in [0.1, 0.15) is 29.7 Å². The van der Waals surface area contributed by atoms with Crippen LogP contribution < -0.4 is 0 Å². The van der Waals surface area contributed by atoms with Gasteiger partial charge in [-0.15, -0.1) is 0 Å². The zero-order valence-corrected chi connectivity index (χ0v) is 11.4. The lowest BCUT2D eigenvalue weighted by molar-refractivity contribution is -0.183. The Morgan fingerprint density at radius 2 is 1.70 bits per heavy atom. The molecule has 0 aromatic heterocycles. The lowest BCUT2D eigenvalue weighted by Crippen LogP contribution is -2.27. The normalized spacial score (nSPS) is 20.9. The minimum atomic E-state index is -0.0927. The molecule has 1 heterocycles. The van der Waals surface area contributed by atoms with Crippen molar-refractivity contribution in [3.63, 3.8) is 0 Å². The quantitative estimate of drug-likeness (QED) is 0.925. The van der Waals surface area contributed by atoms with E-state index >= 15 is 0 Å². The molecule has 1 aliphatic rings. The van der Waals surface area contributed by atoms with Gasteiger partial charge in [0.15, 0.2) is 0 Å². The molecule has 0 spiro atoms. The smallest absolute Gasteiger partial charge is 0.106 e. The fourth-order valence-corrected chi connectivity index (χ4v) is 2.68. The molecule has 20 heavy (non-hydrogen) atoms. The molecule has 2 aromatic carbocycles. The molecule has 3 heteroatoms. The molecule has 3 nitrogen and oxygen atoms in total. The summed E-state index contributed by atoms with van der Waals surface area (Å²) in [5.74, 6) is 0. The summed E-state index contributed by atoms with van der Waals surface area (Å²) in [5.41, 5.74) is 2.28. The maximum absolute atomic E-state index is 9.68. The average molecular weight is 269 g/mol. The Bertz CT molecular complexity index is 529. The molecule has 1 N–H and O–H groups in total. The zero-order chi connectivity index (χ0) is 13.8. The monoisotopic (exact) mass is 269 g/mol. The SMILES string of the molecule is OC[C@@H](c1ccccc1)N1CC[C@H](c2ccccc2)O1. The fourth-order valence-electron chi connectivity index (χ4n) is 2.68. The van der Waals surface area contributed by atoms with Crippen LogP contribution in [-0.2, 0) is 4.84 Å². The highest BCUT2D eigenvalue weighted by atomic mass is 16.7. The van der Waals surface area contributed by atoms with Gasteiger partial charge in [0.05, 0.1) is 12.6 Å². The first-order chi connectivity index (χ1) is 9.88. The van der Waals surface area contributed by atoms with Gasteiger partial charge >= 0.3 is 0 Å². The van der Waals surface area contributed by atoms with Gasteiger partial charge in [-0.3, -0.25) is 4.84 Å². The van der Waals surface area contributed by atoms with Crippen molar-refractivity contribution in [2.45, 2.75) is 18.6 Å². The van der Waals surface area contributed by atoms with E-state index in [0.29, 0.717) is 0 Å². The molecule has 0 saturated carbocycles. The van der Waals surface area contributed by atoms with Crippen molar-refractivity contribution < 1.29 is 9.94 Å². The first-order valence-corrected chi connectivity index (χ1v) is 7.02. The summed E-state index contributed by atoms with van der Waals surface area (Å²) in [7, 11) is 0. The number of hydrogen-bond donors (Lipinski definition) is 1. The lowest BCUT2D eigenvalue weighted by Gasteiger charge is -2.25. The van der Waals surface area contributed by atoms with E-state index < -0.39 is 0 Å². The van der Waals surface area contributed by atoms with Gasteiger partial charge in [-0.2, -0.15) is 5.06 Å². The minimum absolute atomic E-state index is 0.0610. The van der Waals surface area contributed by atoms with E-state index in [9.17, 15) is 5.11 Å². The molecule has 1 aliphatic heterocycles. The van der Waals surface area contributed by atoms with Gasteiger partial charge in [0.25, 0.3) is 0 Å². The molecule has 1 saturated heterocycles. The molecule has 104 valence electrons. The summed E-state index contributed by atoms with van der Waals surface area (Å²) in [6.07, 6.45) is 1.04. The number of aliphatic hydroxyl groups is 1. The van der Waals surface area contributed by atoms with E-state index in [-0.39, 0.29) is 18.8 Å². The van der Waals surface area contributed by atoms with Crippen molar-refractivity contribution in [2.24, 2.45) is 0 Å². The number of hydroxylamine groups is 2. The summed E-state index contributed by atoms with van der Waals surface area (Å²) in [6, 6.07) is 20.2. The number of nitrogens with zero attached hydrogens (tertiary/aromatic N) is 1. The molecular formula is C17H19NO2. The van der Waals surface area contributed by atoms with Gasteiger partial charge in [-0.05, 0) is 17.5 Å². The number of benzene rings is 2. The second-order valence-corrected chi connectivity index (χ2v) is 5.04. The average Bonchev–Trinajstić information content (AvgIpc) is 3.00. The highest BCUT2D eigenvalue weighted by Gasteiger charge is 2.30. The summed E-state index contributed by atoms with van der Waals surface area (Å²) in [5, 5.41) is 11.6. The molecule has 0 radical (unpaired) electrons. The Hall–Kier alpha value is -1.68. The zero-order valence-electron chi connectivity index (χ0n) is 11.4. The van der Waals surface area contributed by atoms with Crippen LogP contribution in [0.15, 0.2) is 60.7 Å². The molecule has 2 aromatic rings. The van der Waals surface area contributed by atoms with E-state index in [1.807, 2.05) is 53.6 Å². The Kier molecular flexibility index (Phi) is 4.11. The van der Waals surface area contributed by atoms with Crippen molar-refractivity contribution in [1.82, 2.24) is 5.06 Å². The number of hydrogen-bond acceptors (Lipinski definition) is 3. The maximum Gasteiger partial charge on any atom is 0.106 e. The Balaban J connectivity index is 1.73. The lowest BCUT2D eigenvalue weighted by atomic mass is 10.1. The van der Waals surface area contributed by atoms with E-state index in [1.54, 1.807) is 0 Å². The van der Waals surface area contributed by atoms with Crippen LogP contribution in [0.2, 0.25) is 0 Å². The Morgan fingerprint density at radius 1 is 1.05 bits per heavy atom. The summed E-state index contributed by atoms with van der Waals surface area (Å²) < 4.78 is 0. The van der Waals surface area contributed by atoms with Crippen molar-refractivity contribution in [2.75, 3.05) is 13.2 Å². The second-order valence-electron chi connectivity index (χ2n) is 5.04. The highest BCUT2D eigenvalue weighted by Crippen LogP contribution is 2.34. The van der Waals surface area contributed by atoms with Gasteiger partial charge in [-0.25, -0.2) is 0 Å². The van der Waals surface area contributed by atoms with E-state index in [4.69, 9.17) is 4.84 Å². The summed E-state index contributed by atoms with van der Waals surface area (Å²) >= 11 is 0. The van der Waals surface area contributed by atoms with E-state index in [0.717, 1.165) is 18.5 Å². The standard InChI is InChI=1S/C17H19NO2/c19-13-16(14-7-3-1-4-8-14)18-12-11-17(20-18)15-9-5-2-6-10-15/h1-10,16-17,19H,11-13H2/t16-,17+/m0/s1. The van der Waals surface area contributed by atoms with E-state index in [1.165, 1.54) is 5.56 Å². The maximum atomic E-state index is 9.68. The number of aliphatic hydroxyl groups excluding tert-OH is 1. The molecular weight excluding hydrogens is 250 g/mol.